The van der Waals surface area contributed by atoms with Gasteiger partial charge in [0.25, 0.3) is 0 Å². The number of alkyl halides is 3. The van der Waals surface area contributed by atoms with E-state index in [1.807, 2.05) is 13.0 Å². The summed E-state index contributed by atoms with van der Waals surface area (Å²) in [6, 6.07) is 12.1. The van der Waals surface area contributed by atoms with Gasteiger partial charge in [0, 0.05) is 13.1 Å². The van der Waals surface area contributed by atoms with E-state index < -0.39 is 11.7 Å². The molecule has 0 saturated heterocycles. The Hall–Kier alpha value is -2.41. The molecule has 0 radical (unpaired) electrons. The van der Waals surface area contributed by atoms with E-state index in [1.165, 1.54) is 6.07 Å². The highest BCUT2D eigenvalue weighted by molar-refractivity contribution is 5.68. The first kappa shape index (κ1) is 17.9. The summed E-state index contributed by atoms with van der Waals surface area (Å²) >= 11 is 0. The van der Waals surface area contributed by atoms with Crippen molar-refractivity contribution in [1.29, 1.82) is 0 Å². The Morgan fingerprint density at radius 3 is 2.33 bits per heavy atom. The molecule has 0 fully saturated rings. The molecule has 0 heterocycles. The number of hydrogen-bond acceptors (Lipinski definition) is 4. The summed E-state index contributed by atoms with van der Waals surface area (Å²) < 4.78 is 38.9. The zero-order chi connectivity index (χ0) is 17.6. The van der Waals surface area contributed by atoms with Gasteiger partial charge in [-0.25, -0.2) is 0 Å². The quantitative estimate of drug-likeness (QED) is 0.759. The summed E-state index contributed by atoms with van der Waals surface area (Å²) in [5.74, 6) is 0. The van der Waals surface area contributed by atoms with Gasteiger partial charge in [-0.15, -0.1) is 5.11 Å². The normalized spacial score (nSPS) is 11.9. The summed E-state index contributed by atoms with van der Waals surface area (Å²) in [6.45, 7) is 2.57. The molecule has 0 unspecified atom stereocenters. The molecule has 2 aromatic carbocycles. The number of hydrogen-bond donors (Lipinski definition) is 1. The van der Waals surface area contributed by atoms with Crippen molar-refractivity contribution in [3.63, 3.8) is 0 Å². The largest absolute Gasteiger partial charge is 0.416 e. The van der Waals surface area contributed by atoms with Crippen LogP contribution in [-0.2, 0) is 6.18 Å². The fraction of sp³-hybridized carbons (Fsp3) is 0.294. The lowest BCUT2D eigenvalue weighted by molar-refractivity contribution is -0.137. The maximum absolute atomic E-state index is 13.0. The molecule has 0 bridgehead atoms. The lowest BCUT2D eigenvalue weighted by Crippen LogP contribution is -2.26. The Morgan fingerprint density at radius 2 is 1.75 bits per heavy atom. The zero-order valence-corrected chi connectivity index (χ0v) is 13.2. The molecule has 1 N–H and O–H groups in total. The Bertz CT molecular complexity index is 687. The van der Waals surface area contributed by atoms with Gasteiger partial charge < -0.3 is 10.0 Å². The Morgan fingerprint density at radius 1 is 1.04 bits per heavy atom. The molecule has 0 aliphatic carbocycles. The number of likely N-dealkylation sites (N-methyl/N-ethyl adjacent to an activating group) is 1. The minimum atomic E-state index is -4.45. The van der Waals surface area contributed by atoms with Crippen LogP contribution in [0, 0.1) is 0 Å². The van der Waals surface area contributed by atoms with Crippen molar-refractivity contribution in [2.24, 2.45) is 10.2 Å². The second kappa shape index (κ2) is 7.92. The topological polar surface area (TPSA) is 48.2 Å². The summed E-state index contributed by atoms with van der Waals surface area (Å²) in [4.78, 5) is 1.75. The van der Waals surface area contributed by atoms with Gasteiger partial charge in [-0.3, -0.25) is 0 Å². The first-order chi connectivity index (χ1) is 11.5. The first-order valence-corrected chi connectivity index (χ1v) is 7.49. The number of anilines is 1. The van der Waals surface area contributed by atoms with Gasteiger partial charge in [-0.2, -0.15) is 18.3 Å². The standard InChI is InChI=1S/C17H18F3N3O/c1-2-23(10-11-24)16-9-8-13(17(18,19)20)12-15(16)22-21-14-6-4-3-5-7-14/h3-9,12,24H,2,10-11H2,1H3. The highest BCUT2D eigenvalue weighted by Crippen LogP contribution is 2.37. The first-order valence-electron chi connectivity index (χ1n) is 7.49. The molecule has 24 heavy (non-hydrogen) atoms. The average molecular weight is 337 g/mol. The fourth-order valence-electron chi connectivity index (χ4n) is 2.22. The van der Waals surface area contributed by atoms with Gasteiger partial charge in [-0.05, 0) is 37.3 Å². The number of halogens is 3. The van der Waals surface area contributed by atoms with Crippen LogP contribution in [0.25, 0.3) is 0 Å². The monoisotopic (exact) mass is 337 g/mol. The molecule has 0 aromatic heterocycles. The summed E-state index contributed by atoms with van der Waals surface area (Å²) in [5.41, 5.74) is 0.377. The van der Waals surface area contributed by atoms with Crippen LogP contribution >= 0.6 is 0 Å². The van der Waals surface area contributed by atoms with E-state index in [0.29, 0.717) is 24.5 Å². The van der Waals surface area contributed by atoms with Crippen molar-refractivity contribution in [3.8, 4) is 0 Å². The number of aliphatic hydroxyl groups excluding tert-OH is 1. The summed E-state index contributed by atoms with van der Waals surface area (Å²) in [7, 11) is 0. The molecular weight excluding hydrogens is 319 g/mol. The van der Waals surface area contributed by atoms with Crippen molar-refractivity contribution in [3.05, 3.63) is 54.1 Å². The lowest BCUT2D eigenvalue weighted by Gasteiger charge is -2.24. The number of benzene rings is 2. The molecule has 0 saturated carbocycles. The number of aliphatic hydroxyl groups is 1. The van der Waals surface area contributed by atoms with Crippen LogP contribution in [0.15, 0.2) is 58.8 Å². The van der Waals surface area contributed by atoms with Gasteiger partial charge >= 0.3 is 6.18 Å². The third-order valence-electron chi connectivity index (χ3n) is 3.42. The van der Waals surface area contributed by atoms with Crippen LogP contribution in [0.3, 0.4) is 0 Å². The predicted molar refractivity (Wildman–Crippen MR) is 87.0 cm³/mol. The van der Waals surface area contributed by atoms with E-state index in [2.05, 4.69) is 10.2 Å². The minimum Gasteiger partial charge on any atom is -0.395 e. The molecular formula is C17H18F3N3O. The molecule has 4 nitrogen and oxygen atoms in total. The third-order valence-corrected chi connectivity index (χ3v) is 3.42. The van der Waals surface area contributed by atoms with Crippen LogP contribution in [-0.4, -0.2) is 24.8 Å². The van der Waals surface area contributed by atoms with Crippen LogP contribution < -0.4 is 4.90 Å². The number of azo groups is 1. The van der Waals surface area contributed by atoms with Crippen molar-refractivity contribution in [2.45, 2.75) is 13.1 Å². The van der Waals surface area contributed by atoms with Gasteiger partial charge in [0.2, 0.25) is 0 Å². The summed E-state index contributed by atoms with van der Waals surface area (Å²) in [6.07, 6.45) is -4.45. The van der Waals surface area contributed by atoms with E-state index >= 15 is 0 Å². The lowest BCUT2D eigenvalue weighted by atomic mass is 10.1. The Balaban J connectivity index is 2.45. The van der Waals surface area contributed by atoms with E-state index in [-0.39, 0.29) is 12.3 Å². The Kier molecular flexibility index (Phi) is 5.92. The van der Waals surface area contributed by atoms with E-state index in [9.17, 15) is 13.2 Å². The highest BCUT2D eigenvalue weighted by atomic mass is 19.4. The Labute approximate surface area is 138 Å². The van der Waals surface area contributed by atoms with Gasteiger partial charge in [0.05, 0.1) is 23.5 Å². The molecule has 0 amide bonds. The van der Waals surface area contributed by atoms with Crippen molar-refractivity contribution in [1.82, 2.24) is 0 Å². The van der Waals surface area contributed by atoms with E-state index in [1.54, 1.807) is 29.2 Å². The smallest absolute Gasteiger partial charge is 0.395 e. The van der Waals surface area contributed by atoms with Crippen molar-refractivity contribution < 1.29 is 18.3 Å². The van der Waals surface area contributed by atoms with E-state index in [0.717, 1.165) is 12.1 Å². The number of rotatable bonds is 6. The minimum absolute atomic E-state index is 0.107. The van der Waals surface area contributed by atoms with Crippen LogP contribution in [0.5, 0.6) is 0 Å². The highest BCUT2D eigenvalue weighted by Gasteiger charge is 2.31. The van der Waals surface area contributed by atoms with E-state index in [4.69, 9.17) is 5.11 Å². The molecule has 0 aliphatic heterocycles. The summed E-state index contributed by atoms with van der Waals surface area (Å²) in [5, 5.41) is 17.1. The van der Waals surface area contributed by atoms with Crippen LogP contribution in [0.4, 0.5) is 30.2 Å². The van der Waals surface area contributed by atoms with Gasteiger partial charge in [0.15, 0.2) is 0 Å². The maximum Gasteiger partial charge on any atom is 0.416 e. The third kappa shape index (κ3) is 4.55. The molecule has 2 aromatic rings. The molecule has 2 rings (SSSR count). The zero-order valence-electron chi connectivity index (χ0n) is 13.2. The molecule has 7 heteroatoms. The predicted octanol–water partition coefficient (Wildman–Crippen LogP) is 4.94. The molecule has 128 valence electrons. The van der Waals surface area contributed by atoms with Crippen LogP contribution in [0.2, 0.25) is 0 Å². The SMILES string of the molecule is CCN(CCO)c1ccc(C(F)(F)F)cc1N=Nc1ccccc1. The van der Waals surface area contributed by atoms with Crippen LogP contribution in [0.1, 0.15) is 12.5 Å². The second-order valence-corrected chi connectivity index (χ2v) is 5.04. The maximum atomic E-state index is 13.0. The van der Waals surface area contributed by atoms with Crippen molar-refractivity contribution >= 4 is 17.1 Å². The van der Waals surface area contributed by atoms with Crippen molar-refractivity contribution in [2.75, 3.05) is 24.6 Å². The fourth-order valence-corrected chi connectivity index (χ4v) is 2.22. The molecule has 0 aliphatic rings. The van der Waals surface area contributed by atoms with Gasteiger partial charge in [-0.1, -0.05) is 18.2 Å². The number of nitrogens with zero attached hydrogens (tertiary/aromatic N) is 3. The average Bonchev–Trinajstić information content (AvgIpc) is 2.58. The second-order valence-electron chi connectivity index (χ2n) is 5.04. The molecule has 0 spiro atoms. The molecule has 0 atom stereocenters. The van der Waals surface area contributed by atoms with Gasteiger partial charge in [0.1, 0.15) is 5.69 Å².